The molecule has 0 bridgehead atoms. The Labute approximate surface area is 158 Å². The summed E-state index contributed by atoms with van der Waals surface area (Å²) in [5, 5.41) is 13.9. The van der Waals surface area contributed by atoms with Gasteiger partial charge in [-0.1, -0.05) is 12.1 Å². The van der Waals surface area contributed by atoms with E-state index in [1.165, 1.54) is 0 Å². The van der Waals surface area contributed by atoms with Crippen molar-refractivity contribution in [1.29, 1.82) is 0 Å². The summed E-state index contributed by atoms with van der Waals surface area (Å²) in [4.78, 5) is 18.5. The Morgan fingerprint density at radius 1 is 1.15 bits per heavy atom. The number of phenols is 1. The second kappa shape index (κ2) is 8.05. The van der Waals surface area contributed by atoms with Crippen LogP contribution in [0.3, 0.4) is 0 Å². The highest BCUT2D eigenvalue weighted by Crippen LogP contribution is 2.33. The van der Waals surface area contributed by atoms with Crippen molar-refractivity contribution in [2.45, 2.75) is 6.42 Å². The Balaban J connectivity index is 1.76. The molecule has 1 heterocycles. The summed E-state index contributed by atoms with van der Waals surface area (Å²) in [6.45, 7) is 1.58. The lowest BCUT2D eigenvalue weighted by molar-refractivity contribution is 0.0952. The number of carbonyl (C=O) groups is 1. The molecule has 6 nitrogen and oxygen atoms in total. The first kappa shape index (κ1) is 18.7. The Hall–Kier alpha value is -3.12. The first-order chi connectivity index (χ1) is 13.0. The van der Waals surface area contributed by atoms with Crippen molar-refractivity contribution >= 4 is 22.5 Å². The number of aromatic nitrogens is 1. The lowest BCUT2D eigenvalue weighted by atomic mass is 10.0. The molecule has 0 atom stereocenters. The van der Waals surface area contributed by atoms with Gasteiger partial charge in [0.25, 0.3) is 5.91 Å². The number of hydrogen-bond donors (Lipinski definition) is 3. The first-order valence-electron chi connectivity index (χ1n) is 8.86. The van der Waals surface area contributed by atoms with Crippen molar-refractivity contribution < 1.29 is 9.90 Å². The van der Waals surface area contributed by atoms with Gasteiger partial charge < -0.3 is 21.1 Å². The van der Waals surface area contributed by atoms with Crippen LogP contribution in [-0.2, 0) is 0 Å². The van der Waals surface area contributed by atoms with E-state index in [1.807, 2.05) is 32.3 Å². The third kappa shape index (κ3) is 4.35. The van der Waals surface area contributed by atoms with Crippen molar-refractivity contribution in [3.63, 3.8) is 0 Å². The second-order valence-corrected chi connectivity index (χ2v) is 6.78. The second-order valence-electron chi connectivity index (χ2n) is 6.78. The van der Waals surface area contributed by atoms with E-state index in [1.54, 1.807) is 30.5 Å². The van der Waals surface area contributed by atoms with Crippen LogP contribution in [0.2, 0.25) is 0 Å². The number of hydrogen-bond acceptors (Lipinski definition) is 5. The molecule has 0 saturated heterocycles. The van der Waals surface area contributed by atoms with Gasteiger partial charge in [0.1, 0.15) is 11.3 Å². The SMILES string of the molecule is CN(C)CCCNC(=O)c1ccc(-c2cc(O)c3nccc(N)c3c2)cc1. The van der Waals surface area contributed by atoms with Gasteiger partial charge in [-0.05, 0) is 68.5 Å². The number of aromatic hydroxyl groups is 1. The zero-order valence-electron chi connectivity index (χ0n) is 15.6. The molecule has 0 saturated carbocycles. The predicted molar refractivity (Wildman–Crippen MR) is 109 cm³/mol. The highest BCUT2D eigenvalue weighted by molar-refractivity contribution is 5.98. The Kier molecular flexibility index (Phi) is 5.57. The van der Waals surface area contributed by atoms with Gasteiger partial charge in [-0.25, -0.2) is 0 Å². The fourth-order valence-electron chi connectivity index (χ4n) is 2.94. The van der Waals surface area contributed by atoms with Gasteiger partial charge in [0.15, 0.2) is 0 Å². The minimum Gasteiger partial charge on any atom is -0.506 e. The molecule has 0 aliphatic carbocycles. The van der Waals surface area contributed by atoms with Gasteiger partial charge in [0.05, 0.1) is 0 Å². The van der Waals surface area contributed by atoms with Crippen LogP contribution in [0.1, 0.15) is 16.8 Å². The zero-order valence-corrected chi connectivity index (χ0v) is 15.6. The van der Waals surface area contributed by atoms with Gasteiger partial charge in [-0.15, -0.1) is 0 Å². The number of carbonyl (C=O) groups excluding carboxylic acids is 1. The molecule has 1 aromatic heterocycles. The van der Waals surface area contributed by atoms with E-state index in [0.29, 0.717) is 28.7 Å². The number of phenolic OH excluding ortho intramolecular Hbond substituents is 1. The molecule has 140 valence electrons. The maximum absolute atomic E-state index is 12.2. The molecule has 3 aromatic rings. The van der Waals surface area contributed by atoms with Crippen molar-refractivity contribution in [2.24, 2.45) is 0 Å². The number of fused-ring (bicyclic) bond motifs is 1. The van der Waals surface area contributed by atoms with E-state index in [4.69, 9.17) is 5.73 Å². The van der Waals surface area contributed by atoms with Crippen LogP contribution < -0.4 is 11.1 Å². The van der Waals surface area contributed by atoms with E-state index < -0.39 is 0 Å². The third-order valence-corrected chi connectivity index (χ3v) is 4.41. The molecule has 0 radical (unpaired) electrons. The molecule has 0 aliphatic rings. The number of nitrogens with two attached hydrogens (primary N) is 1. The van der Waals surface area contributed by atoms with Crippen LogP contribution in [0.15, 0.2) is 48.7 Å². The average Bonchev–Trinajstić information content (AvgIpc) is 2.66. The molecular formula is C21H24N4O2. The number of anilines is 1. The number of nitrogen functional groups attached to an aromatic ring is 1. The van der Waals surface area contributed by atoms with E-state index in [0.717, 1.165) is 24.1 Å². The van der Waals surface area contributed by atoms with Crippen LogP contribution >= 0.6 is 0 Å². The predicted octanol–water partition coefficient (Wildman–Crippen LogP) is 2.87. The molecular weight excluding hydrogens is 340 g/mol. The molecule has 27 heavy (non-hydrogen) atoms. The molecule has 6 heteroatoms. The van der Waals surface area contributed by atoms with E-state index in [-0.39, 0.29) is 11.7 Å². The maximum atomic E-state index is 12.2. The van der Waals surface area contributed by atoms with Gasteiger partial charge >= 0.3 is 0 Å². The van der Waals surface area contributed by atoms with Crippen molar-refractivity contribution in [3.8, 4) is 16.9 Å². The Morgan fingerprint density at radius 3 is 2.59 bits per heavy atom. The quantitative estimate of drug-likeness (QED) is 0.585. The number of rotatable bonds is 6. The lowest BCUT2D eigenvalue weighted by Gasteiger charge is -2.10. The summed E-state index contributed by atoms with van der Waals surface area (Å²) in [6, 6.07) is 12.5. The lowest BCUT2D eigenvalue weighted by Crippen LogP contribution is -2.27. The normalized spacial score (nSPS) is 11.1. The highest BCUT2D eigenvalue weighted by atomic mass is 16.3. The van der Waals surface area contributed by atoms with Gasteiger partial charge in [-0.3, -0.25) is 9.78 Å². The third-order valence-electron chi connectivity index (χ3n) is 4.41. The molecule has 0 fully saturated rings. The Bertz CT molecular complexity index is 952. The van der Waals surface area contributed by atoms with Crippen molar-refractivity contribution in [1.82, 2.24) is 15.2 Å². The van der Waals surface area contributed by atoms with Crippen molar-refractivity contribution in [3.05, 3.63) is 54.2 Å². The summed E-state index contributed by atoms with van der Waals surface area (Å²) < 4.78 is 0. The van der Waals surface area contributed by atoms with E-state index in [9.17, 15) is 9.90 Å². The summed E-state index contributed by atoms with van der Waals surface area (Å²) in [5.74, 6) is -0.00683. The summed E-state index contributed by atoms with van der Waals surface area (Å²) in [7, 11) is 4.02. The molecule has 0 unspecified atom stereocenters. The summed E-state index contributed by atoms with van der Waals surface area (Å²) in [5.41, 5.74) is 9.36. The largest absolute Gasteiger partial charge is 0.506 e. The number of nitrogens with one attached hydrogen (secondary N) is 1. The number of nitrogens with zero attached hydrogens (tertiary/aromatic N) is 2. The van der Waals surface area contributed by atoms with E-state index in [2.05, 4.69) is 15.2 Å². The number of amides is 1. The van der Waals surface area contributed by atoms with Crippen LogP contribution in [0.5, 0.6) is 5.75 Å². The summed E-state index contributed by atoms with van der Waals surface area (Å²) >= 11 is 0. The minimum atomic E-state index is -0.0879. The molecule has 2 aromatic carbocycles. The topological polar surface area (TPSA) is 91.5 Å². The van der Waals surface area contributed by atoms with Crippen LogP contribution in [-0.4, -0.2) is 48.1 Å². The van der Waals surface area contributed by atoms with Crippen LogP contribution in [0.4, 0.5) is 5.69 Å². The number of pyridine rings is 1. The zero-order chi connectivity index (χ0) is 19.4. The fourth-order valence-corrected chi connectivity index (χ4v) is 2.94. The summed E-state index contributed by atoms with van der Waals surface area (Å²) in [6.07, 6.45) is 2.48. The van der Waals surface area contributed by atoms with E-state index >= 15 is 0 Å². The molecule has 0 spiro atoms. The smallest absolute Gasteiger partial charge is 0.251 e. The fraction of sp³-hybridized carbons (Fsp3) is 0.238. The maximum Gasteiger partial charge on any atom is 0.251 e. The minimum absolute atomic E-state index is 0.0810. The van der Waals surface area contributed by atoms with Crippen LogP contribution in [0.25, 0.3) is 22.0 Å². The Morgan fingerprint density at radius 2 is 1.89 bits per heavy atom. The van der Waals surface area contributed by atoms with Gasteiger partial charge in [0, 0.05) is 29.4 Å². The monoisotopic (exact) mass is 364 g/mol. The number of benzene rings is 2. The molecule has 0 aliphatic heterocycles. The van der Waals surface area contributed by atoms with Gasteiger partial charge in [-0.2, -0.15) is 0 Å². The van der Waals surface area contributed by atoms with Crippen molar-refractivity contribution in [2.75, 3.05) is 32.9 Å². The van der Waals surface area contributed by atoms with Crippen LogP contribution in [0, 0.1) is 0 Å². The van der Waals surface area contributed by atoms with Gasteiger partial charge in [0.2, 0.25) is 0 Å². The first-order valence-corrected chi connectivity index (χ1v) is 8.86. The highest BCUT2D eigenvalue weighted by Gasteiger charge is 2.10. The standard InChI is InChI=1S/C21H24N4O2/c1-25(2)11-3-9-24-21(27)15-6-4-14(5-7-15)16-12-17-18(22)8-10-23-20(17)19(26)13-16/h4-8,10,12-13,26H,3,9,11H2,1-2H3,(H2,22,23)(H,24,27). The molecule has 4 N–H and O–H groups in total. The molecule has 3 rings (SSSR count). The average molecular weight is 364 g/mol. The molecule has 1 amide bonds.